The van der Waals surface area contributed by atoms with E-state index in [1.807, 2.05) is 25.2 Å². The van der Waals surface area contributed by atoms with Crippen LogP contribution in [0, 0.1) is 0 Å². The second-order valence-electron chi connectivity index (χ2n) is 6.73. The zero-order valence-electron chi connectivity index (χ0n) is 14.5. The number of nitrogens with zero attached hydrogens (tertiary/aromatic N) is 2. The highest BCUT2D eigenvalue weighted by Crippen LogP contribution is 2.19. The number of aromatic nitrogens is 1. The zero-order chi connectivity index (χ0) is 17.6. The van der Waals surface area contributed by atoms with Gasteiger partial charge in [0.05, 0.1) is 18.7 Å². The number of carbonyl (C=O) groups excluding carboxylic acids is 1. The molecule has 2 aromatic rings. The largest absolute Gasteiger partial charge is 0.391 e. The molecule has 1 amide bonds. The van der Waals surface area contributed by atoms with Crippen LogP contribution in [-0.4, -0.2) is 46.8 Å². The molecule has 0 bridgehead atoms. The van der Waals surface area contributed by atoms with E-state index in [0.29, 0.717) is 12.3 Å². The quantitative estimate of drug-likeness (QED) is 0.804. The van der Waals surface area contributed by atoms with Crippen LogP contribution < -0.4 is 5.32 Å². The van der Waals surface area contributed by atoms with E-state index in [-0.39, 0.29) is 17.6 Å². The Hall–Kier alpha value is -2.18. The predicted octanol–water partition coefficient (Wildman–Crippen LogP) is 1.99. The highest BCUT2D eigenvalue weighted by atomic mass is 16.5. The lowest BCUT2D eigenvalue weighted by atomic mass is 10.1. The summed E-state index contributed by atoms with van der Waals surface area (Å²) in [5.41, 5.74) is 1.56. The fourth-order valence-electron chi connectivity index (χ4n) is 3.16. The number of aliphatic hydroxyl groups excluding tert-OH is 1. The van der Waals surface area contributed by atoms with Crippen molar-refractivity contribution in [2.24, 2.45) is 0 Å². The third kappa shape index (κ3) is 4.90. The van der Waals surface area contributed by atoms with Crippen molar-refractivity contribution < 1.29 is 14.4 Å². The van der Waals surface area contributed by atoms with E-state index in [1.165, 1.54) is 5.56 Å². The minimum atomic E-state index is -0.459. The molecule has 1 heterocycles. The second-order valence-corrected chi connectivity index (χ2v) is 6.73. The van der Waals surface area contributed by atoms with Crippen molar-refractivity contribution in [1.29, 1.82) is 0 Å². The van der Waals surface area contributed by atoms with Crippen LogP contribution in [0.1, 0.15) is 41.1 Å². The first-order chi connectivity index (χ1) is 12.1. The van der Waals surface area contributed by atoms with Crippen molar-refractivity contribution >= 4 is 5.91 Å². The first kappa shape index (κ1) is 17.6. The number of benzene rings is 1. The molecule has 0 saturated heterocycles. The fourth-order valence-corrected chi connectivity index (χ4v) is 3.16. The van der Waals surface area contributed by atoms with Crippen molar-refractivity contribution in [3.05, 3.63) is 53.4 Å². The summed E-state index contributed by atoms with van der Waals surface area (Å²) in [7, 11) is 2.01. The lowest BCUT2D eigenvalue weighted by Crippen LogP contribution is -2.39. The number of hydrogen-bond donors (Lipinski definition) is 2. The van der Waals surface area contributed by atoms with Crippen LogP contribution >= 0.6 is 0 Å². The Morgan fingerprint density at radius 1 is 1.36 bits per heavy atom. The Balaban J connectivity index is 1.48. The summed E-state index contributed by atoms with van der Waals surface area (Å²) in [6, 6.07) is 11.8. The van der Waals surface area contributed by atoms with Gasteiger partial charge in [-0.2, -0.15) is 0 Å². The van der Waals surface area contributed by atoms with Crippen LogP contribution in [0.4, 0.5) is 0 Å². The summed E-state index contributed by atoms with van der Waals surface area (Å²) in [4.78, 5) is 14.3. The number of amides is 1. The standard InChI is InChI=1S/C19H25N3O3/c1-22(11-10-14-6-3-2-4-7-14)13-15-12-17(21-25-15)19(24)20-16-8-5-9-18(16)23/h2-4,6-7,12,16,18,23H,5,8-11,13H2,1H3,(H,20,24)/t16-,18+/m0/s1. The van der Waals surface area contributed by atoms with E-state index in [2.05, 4.69) is 27.5 Å². The highest BCUT2D eigenvalue weighted by molar-refractivity contribution is 5.92. The van der Waals surface area contributed by atoms with Crippen molar-refractivity contribution in [2.75, 3.05) is 13.6 Å². The van der Waals surface area contributed by atoms with Crippen LogP contribution in [0.5, 0.6) is 0 Å². The SMILES string of the molecule is CN(CCc1ccccc1)Cc1cc(C(=O)N[C@H]2CCC[C@H]2O)no1. The van der Waals surface area contributed by atoms with Crippen molar-refractivity contribution in [3.63, 3.8) is 0 Å². The smallest absolute Gasteiger partial charge is 0.273 e. The molecular weight excluding hydrogens is 318 g/mol. The Kier molecular flexibility index (Phi) is 5.83. The number of carbonyl (C=O) groups is 1. The van der Waals surface area contributed by atoms with Crippen LogP contribution in [0.15, 0.2) is 40.9 Å². The van der Waals surface area contributed by atoms with E-state index in [4.69, 9.17) is 4.52 Å². The minimum Gasteiger partial charge on any atom is -0.391 e. The van der Waals surface area contributed by atoms with Gasteiger partial charge in [0.2, 0.25) is 0 Å². The number of aliphatic hydroxyl groups is 1. The average molecular weight is 343 g/mol. The molecule has 25 heavy (non-hydrogen) atoms. The van der Waals surface area contributed by atoms with Crippen molar-refractivity contribution in [2.45, 2.75) is 44.4 Å². The van der Waals surface area contributed by atoms with E-state index >= 15 is 0 Å². The first-order valence-electron chi connectivity index (χ1n) is 8.79. The molecule has 1 aliphatic rings. The predicted molar refractivity (Wildman–Crippen MR) is 94.1 cm³/mol. The van der Waals surface area contributed by atoms with Crippen LogP contribution in [0.25, 0.3) is 0 Å². The summed E-state index contributed by atoms with van der Waals surface area (Å²) < 4.78 is 5.28. The summed E-state index contributed by atoms with van der Waals surface area (Å²) in [6.45, 7) is 1.49. The third-order valence-electron chi connectivity index (χ3n) is 4.64. The summed E-state index contributed by atoms with van der Waals surface area (Å²) >= 11 is 0. The molecule has 0 spiro atoms. The Bertz CT molecular complexity index is 686. The Morgan fingerprint density at radius 3 is 2.88 bits per heavy atom. The van der Waals surface area contributed by atoms with Gasteiger partial charge >= 0.3 is 0 Å². The van der Waals surface area contributed by atoms with Crippen LogP contribution in [0.2, 0.25) is 0 Å². The molecule has 0 radical (unpaired) electrons. The molecule has 134 valence electrons. The van der Waals surface area contributed by atoms with Gasteiger partial charge in [0.1, 0.15) is 0 Å². The molecule has 0 unspecified atom stereocenters. The maximum atomic E-state index is 12.2. The second kappa shape index (κ2) is 8.27. The molecule has 2 N–H and O–H groups in total. The van der Waals surface area contributed by atoms with Crippen LogP contribution in [0.3, 0.4) is 0 Å². The zero-order valence-corrected chi connectivity index (χ0v) is 14.5. The number of rotatable bonds is 7. The molecule has 2 atom stereocenters. The molecule has 1 saturated carbocycles. The highest BCUT2D eigenvalue weighted by Gasteiger charge is 2.27. The Labute approximate surface area is 147 Å². The average Bonchev–Trinajstić information content (AvgIpc) is 3.24. The van der Waals surface area contributed by atoms with Gasteiger partial charge in [0.25, 0.3) is 5.91 Å². The van der Waals surface area contributed by atoms with Crippen LogP contribution in [-0.2, 0) is 13.0 Å². The molecule has 0 aliphatic heterocycles. The monoisotopic (exact) mass is 343 g/mol. The topological polar surface area (TPSA) is 78.6 Å². The molecule has 6 nitrogen and oxygen atoms in total. The van der Waals surface area contributed by atoms with Gasteiger partial charge in [-0.1, -0.05) is 35.5 Å². The van der Waals surface area contributed by atoms with Gasteiger partial charge in [-0.3, -0.25) is 9.69 Å². The van der Waals surface area contributed by atoms with Gasteiger partial charge in [0, 0.05) is 12.6 Å². The van der Waals surface area contributed by atoms with Crippen molar-refractivity contribution in [3.8, 4) is 0 Å². The van der Waals surface area contributed by atoms with E-state index in [0.717, 1.165) is 32.2 Å². The van der Waals surface area contributed by atoms with Gasteiger partial charge in [0.15, 0.2) is 11.5 Å². The lowest BCUT2D eigenvalue weighted by molar-refractivity contribution is 0.0864. The van der Waals surface area contributed by atoms with Gasteiger partial charge in [-0.25, -0.2) is 0 Å². The van der Waals surface area contributed by atoms with E-state index < -0.39 is 6.10 Å². The fraction of sp³-hybridized carbons (Fsp3) is 0.474. The van der Waals surface area contributed by atoms with Gasteiger partial charge in [-0.15, -0.1) is 0 Å². The molecule has 1 aliphatic carbocycles. The van der Waals surface area contributed by atoms with E-state index in [9.17, 15) is 9.90 Å². The number of likely N-dealkylation sites (N-methyl/N-ethyl adjacent to an activating group) is 1. The van der Waals surface area contributed by atoms with E-state index in [1.54, 1.807) is 6.07 Å². The molecule has 1 aromatic heterocycles. The summed E-state index contributed by atoms with van der Waals surface area (Å²) in [6.07, 6.45) is 2.97. The number of nitrogens with one attached hydrogen (secondary N) is 1. The first-order valence-corrected chi connectivity index (χ1v) is 8.79. The lowest BCUT2D eigenvalue weighted by Gasteiger charge is -2.15. The molecule has 6 heteroatoms. The maximum Gasteiger partial charge on any atom is 0.273 e. The minimum absolute atomic E-state index is 0.179. The third-order valence-corrected chi connectivity index (χ3v) is 4.64. The molecular formula is C19H25N3O3. The van der Waals surface area contributed by atoms with Gasteiger partial charge in [-0.05, 0) is 38.3 Å². The summed E-state index contributed by atoms with van der Waals surface area (Å²) in [5, 5.41) is 16.5. The van der Waals surface area contributed by atoms with Crippen molar-refractivity contribution in [1.82, 2.24) is 15.4 Å². The van der Waals surface area contributed by atoms with Gasteiger partial charge < -0.3 is 14.9 Å². The summed E-state index contributed by atoms with van der Waals surface area (Å²) in [5.74, 6) is 0.376. The Morgan fingerprint density at radius 2 is 2.16 bits per heavy atom. The molecule has 3 rings (SSSR count). The number of hydrogen-bond acceptors (Lipinski definition) is 5. The normalized spacial score (nSPS) is 20.1. The molecule has 1 fully saturated rings. The molecule has 1 aromatic carbocycles. The maximum absolute atomic E-state index is 12.2.